The maximum absolute atomic E-state index is 4.65. The average Bonchev–Trinajstić information content (AvgIpc) is 2.96. The molecule has 1 saturated carbocycles. The van der Waals surface area contributed by atoms with Crippen molar-refractivity contribution in [1.82, 2.24) is 15.3 Å². The van der Waals surface area contributed by atoms with Gasteiger partial charge in [0.25, 0.3) is 0 Å². The van der Waals surface area contributed by atoms with E-state index in [2.05, 4.69) is 49.9 Å². The topological polar surface area (TPSA) is 37.8 Å². The Balaban J connectivity index is 2.16. The van der Waals surface area contributed by atoms with Crippen LogP contribution in [0.1, 0.15) is 62.3 Å². The summed E-state index contributed by atoms with van der Waals surface area (Å²) in [5.74, 6) is 1.69. The number of nitrogens with zero attached hydrogens (tertiary/aromatic N) is 2. The van der Waals surface area contributed by atoms with E-state index in [4.69, 9.17) is 0 Å². The number of hydrogen-bond acceptors (Lipinski definition) is 3. The van der Waals surface area contributed by atoms with Crippen molar-refractivity contribution < 1.29 is 0 Å². The predicted octanol–water partition coefficient (Wildman–Crippen LogP) is 2.86. The van der Waals surface area contributed by atoms with Gasteiger partial charge in [0.05, 0.1) is 0 Å². The summed E-state index contributed by atoms with van der Waals surface area (Å²) in [5, 5.41) is 3.50. The van der Waals surface area contributed by atoms with E-state index in [1.807, 2.05) is 0 Å². The summed E-state index contributed by atoms with van der Waals surface area (Å²) in [4.78, 5) is 9.29. The maximum Gasteiger partial charge on any atom is 0.131 e. The predicted molar refractivity (Wildman–Crippen MR) is 70.1 cm³/mol. The molecular formula is C14H23N3. The minimum Gasteiger partial charge on any atom is -0.308 e. The Morgan fingerprint density at radius 3 is 2.06 bits per heavy atom. The molecule has 3 heteroatoms. The summed E-state index contributed by atoms with van der Waals surface area (Å²) in [6, 6.07) is 0. The first kappa shape index (κ1) is 12.5. The summed E-state index contributed by atoms with van der Waals surface area (Å²) in [6.07, 6.45) is 2.52. The van der Waals surface area contributed by atoms with E-state index >= 15 is 0 Å². The Labute approximate surface area is 104 Å². The van der Waals surface area contributed by atoms with Gasteiger partial charge in [-0.1, -0.05) is 0 Å². The highest BCUT2D eigenvalue weighted by atomic mass is 15.0. The fraction of sp³-hybridized carbons (Fsp3) is 0.714. The van der Waals surface area contributed by atoms with Crippen molar-refractivity contribution in [2.24, 2.45) is 0 Å². The molecule has 1 heterocycles. The molecule has 0 bridgehead atoms. The van der Waals surface area contributed by atoms with E-state index in [-0.39, 0.29) is 5.54 Å². The molecule has 3 nitrogen and oxygen atoms in total. The summed E-state index contributed by atoms with van der Waals surface area (Å²) < 4.78 is 0. The zero-order chi connectivity index (χ0) is 12.6. The van der Waals surface area contributed by atoms with Crippen LogP contribution >= 0.6 is 0 Å². The van der Waals surface area contributed by atoms with Gasteiger partial charge in [0.1, 0.15) is 5.82 Å². The Hall–Kier alpha value is -0.960. The van der Waals surface area contributed by atoms with E-state index < -0.39 is 0 Å². The van der Waals surface area contributed by atoms with E-state index in [1.54, 1.807) is 0 Å². The third-order valence-corrected chi connectivity index (χ3v) is 3.18. The van der Waals surface area contributed by atoms with Gasteiger partial charge in [-0.25, -0.2) is 9.97 Å². The minimum atomic E-state index is 0.133. The largest absolute Gasteiger partial charge is 0.308 e. The van der Waals surface area contributed by atoms with Crippen LogP contribution in [0.25, 0.3) is 0 Å². The van der Waals surface area contributed by atoms with Crippen LogP contribution in [-0.2, 0) is 6.54 Å². The molecule has 94 valence electrons. The van der Waals surface area contributed by atoms with E-state index in [0.29, 0.717) is 5.92 Å². The molecule has 0 unspecified atom stereocenters. The van der Waals surface area contributed by atoms with Crippen LogP contribution in [-0.4, -0.2) is 15.5 Å². The summed E-state index contributed by atoms with van der Waals surface area (Å²) in [6.45, 7) is 11.6. The first-order valence-corrected chi connectivity index (χ1v) is 6.46. The van der Waals surface area contributed by atoms with Crippen LogP contribution in [0.3, 0.4) is 0 Å². The van der Waals surface area contributed by atoms with Gasteiger partial charge in [-0.3, -0.25) is 0 Å². The lowest BCUT2D eigenvalue weighted by Gasteiger charge is -2.22. The first-order valence-electron chi connectivity index (χ1n) is 6.46. The smallest absolute Gasteiger partial charge is 0.131 e. The molecule has 1 aliphatic rings. The van der Waals surface area contributed by atoms with Gasteiger partial charge in [-0.15, -0.1) is 0 Å². The molecule has 1 aromatic rings. The second-order valence-electron chi connectivity index (χ2n) is 6.11. The third-order valence-electron chi connectivity index (χ3n) is 3.18. The van der Waals surface area contributed by atoms with Crippen molar-refractivity contribution in [1.29, 1.82) is 0 Å². The third kappa shape index (κ3) is 3.25. The number of aryl methyl sites for hydroxylation is 2. The molecule has 0 aromatic carbocycles. The quantitative estimate of drug-likeness (QED) is 0.872. The molecule has 0 saturated heterocycles. The van der Waals surface area contributed by atoms with Gasteiger partial charge in [0.15, 0.2) is 0 Å². The van der Waals surface area contributed by atoms with Crippen molar-refractivity contribution >= 4 is 0 Å². The molecule has 0 spiro atoms. The Kier molecular flexibility index (Phi) is 3.21. The van der Waals surface area contributed by atoms with Crippen molar-refractivity contribution in [3.63, 3.8) is 0 Å². The molecule has 17 heavy (non-hydrogen) atoms. The van der Waals surface area contributed by atoms with Crippen LogP contribution in [0.5, 0.6) is 0 Å². The SMILES string of the molecule is Cc1nc(C2CC2)nc(C)c1CNC(C)(C)C. The minimum absolute atomic E-state index is 0.133. The van der Waals surface area contributed by atoms with Crippen LogP contribution in [0.4, 0.5) is 0 Å². The number of nitrogens with one attached hydrogen (secondary N) is 1. The lowest BCUT2D eigenvalue weighted by atomic mass is 10.1. The van der Waals surface area contributed by atoms with E-state index in [9.17, 15) is 0 Å². The number of rotatable bonds is 3. The van der Waals surface area contributed by atoms with E-state index in [1.165, 1.54) is 18.4 Å². The molecule has 1 aliphatic carbocycles. The highest BCUT2D eigenvalue weighted by Gasteiger charge is 2.27. The van der Waals surface area contributed by atoms with Gasteiger partial charge in [0, 0.05) is 35.0 Å². The zero-order valence-electron chi connectivity index (χ0n) is 11.6. The summed E-state index contributed by atoms with van der Waals surface area (Å²) in [7, 11) is 0. The van der Waals surface area contributed by atoms with Gasteiger partial charge < -0.3 is 5.32 Å². The number of hydrogen-bond donors (Lipinski definition) is 1. The van der Waals surface area contributed by atoms with Crippen molar-refractivity contribution in [3.05, 3.63) is 22.8 Å². The van der Waals surface area contributed by atoms with Crippen molar-refractivity contribution in [2.75, 3.05) is 0 Å². The van der Waals surface area contributed by atoms with E-state index in [0.717, 1.165) is 23.8 Å². The van der Waals surface area contributed by atoms with Crippen LogP contribution in [0.15, 0.2) is 0 Å². The van der Waals surface area contributed by atoms with Crippen LogP contribution in [0, 0.1) is 13.8 Å². The highest BCUT2D eigenvalue weighted by Crippen LogP contribution is 2.38. The standard InChI is InChI=1S/C14H23N3/c1-9-12(8-15-14(3,4)5)10(2)17-13(16-9)11-6-7-11/h11,15H,6-8H2,1-5H3. The molecule has 2 rings (SSSR count). The normalized spacial score (nSPS) is 16.3. The molecule has 0 aliphatic heterocycles. The van der Waals surface area contributed by atoms with Crippen LogP contribution in [0.2, 0.25) is 0 Å². The molecule has 0 atom stereocenters. The first-order chi connectivity index (χ1) is 7.87. The Morgan fingerprint density at radius 2 is 1.65 bits per heavy atom. The summed E-state index contributed by atoms with van der Waals surface area (Å²) in [5.41, 5.74) is 3.66. The molecular weight excluding hydrogens is 210 g/mol. The van der Waals surface area contributed by atoms with Gasteiger partial charge in [0.2, 0.25) is 0 Å². The maximum atomic E-state index is 4.65. The second-order valence-corrected chi connectivity index (χ2v) is 6.11. The van der Waals surface area contributed by atoms with Gasteiger partial charge >= 0.3 is 0 Å². The van der Waals surface area contributed by atoms with Gasteiger partial charge in [-0.2, -0.15) is 0 Å². The molecule has 0 radical (unpaired) electrons. The van der Waals surface area contributed by atoms with Crippen molar-refractivity contribution in [2.45, 2.75) is 65.5 Å². The fourth-order valence-corrected chi connectivity index (χ4v) is 1.90. The lowest BCUT2D eigenvalue weighted by molar-refractivity contribution is 0.422. The second kappa shape index (κ2) is 4.37. The van der Waals surface area contributed by atoms with Gasteiger partial charge in [-0.05, 0) is 47.5 Å². The molecule has 1 N–H and O–H groups in total. The summed E-state index contributed by atoms with van der Waals surface area (Å²) >= 11 is 0. The molecule has 1 aromatic heterocycles. The highest BCUT2D eigenvalue weighted by molar-refractivity contribution is 5.26. The monoisotopic (exact) mass is 233 g/mol. The fourth-order valence-electron chi connectivity index (χ4n) is 1.90. The molecule has 1 fully saturated rings. The Morgan fingerprint density at radius 1 is 1.12 bits per heavy atom. The average molecular weight is 233 g/mol. The number of aromatic nitrogens is 2. The molecule has 0 amide bonds. The zero-order valence-corrected chi connectivity index (χ0v) is 11.6. The van der Waals surface area contributed by atoms with Crippen LogP contribution < -0.4 is 5.32 Å². The Bertz CT molecular complexity index is 391. The lowest BCUT2D eigenvalue weighted by Crippen LogP contribution is -2.35. The van der Waals surface area contributed by atoms with Crippen molar-refractivity contribution in [3.8, 4) is 0 Å².